The molecule has 5 heteroatoms. The number of aromatic nitrogens is 2. The summed E-state index contributed by atoms with van der Waals surface area (Å²) in [6.45, 7) is 7.18. The normalized spacial score (nSPS) is 10.6. The fourth-order valence-corrected chi connectivity index (χ4v) is 2.11. The van der Waals surface area contributed by atoms with Crippen molar-refractivity contribution in [3.8, 4) is 11.5 Å². The lowest BCUT2D eigenvalue weighted by Crippen LogP contribution is -2.19. The minimum Gasteiger partial charge on any atom is -0.493 e. The van der Waals surface area contributed by atoms with E-state index in [4.69, 9.17) is 9.47 Å². The van der Waals surface area contributed by atoms with Crippen LogP contribution in [0.2, 0.25) is 0 Å². The van der Waals surface area contributed by atoms with Crippen LogP contribution in [-0.4, -0.2) is 30.0 Å². The largest absolute Gasteiger partial charge is 0.493 e. The van der Waals surface area contributed by atoms with E-state index in [9.17, 15) is 0 Å². The highest BCUT2D eigenvalue weighted by atomic mass is 16.5. The van der Waals surface area contributed by atoms with Gasteiger partial charge in [0.05, 0.1) is 26.5 Å². The maximum atomic E-state index is 5.58. The first-order valence-electron chi connectivity index (χ1n) is 7.22. The molecule has 0 radical (unpaired) electrons. The second-order valence-corrected chi connectivity index (χ2v) is 4.88. The molecule has 0 saturated carbocycles. The van der Waals surface area contributed by atoms with Gasteiger partial charge >= 0.3 is 0 Å². The van der Waals surface area contributed by atoms with Crippen LogP contribution in [0.1, 0.15) is 18.1 Å². The molecular weight excluding hydrogens is 266 g/mol. The second-order valence-electron chi connectivity index (χ2n) is 4.88. The van der Waals surface area contributed by atoms with Crippen LogP contribution in [0.15, 0.2) is 30.6 Å². The summed E-state index contributed by atoms with van der Waals surface area (Å²) in [6, 6.07) is 6.01. The molecule has 0 aliphatic rings. The number of hydrogen-bond acceptors (Lipinski definition) is 4. The molecule has 5 nitrogen and oxygen atoms in total. The molecule has 21 heavy (non-hydrogen) atoms. The molecule has 1 aromatic heterocycles. The smallest absolute Gasteiger partial charge is 0.161 e. The molecule has 0 unspecified atom stereocenters. The Morgan fingerprint density at radius 2 is 2.14 bits per heavy atom. The highest BCUT2D eigenvalue weighted by Gasteiger charge is 2.05. The SMILES string of the molecule is CCOc1cc(CNCCn2cc(C)cn2)ccc1OC. The molecule has 1 N–H and O–H groups in total. The monoisotopic (exact) mass is 289 g/mol. The summed E-state index contributed by atoms with van der Waals surface area (Å²) < 4.78 is 12.8. The Labute approximate surface area is 125 Å². The van der Waals surface area contributed by atoms with Gasteiger partial charge in [0.2, 0.25) is 0 Å². The van der Waals surface area contributed by atoms with Gasteiger partial charge in [-0.15, -0.1) is 0 Å². The van der Waals surface area contributed by atoms with E-state index in [0.717, 1.165) is 31.1 Å². The minimum atomic E-state index is 0.631. The minimum absolute atomic E-state index is 0.631. The average molecular weight is 289 g/mol. The lowest BCUT2D eigenvalue weighted by atomic mass is 10.2. The van der Waals surface area contributed by atoms with Gasteiger partial charge in [0, 0.05) is 19.3 Å². The van der Waals surface area contributed by atoms with E-state index in [2.05, 4.69) is 10.4 Å². The summed E-state index contributed by atoms with van der Waals surface area (Å²) in [7, 11) is 1.65. The summed E-state index contributed by atoms with van der Waals surface area (Å²) in [5.74, 6) is 1.56. The number of benzene rings is 1. The van der Waals surface area contributed by atoms with Crippen LogP contribution in [0.3, 0.4) is 0 Å². The molecule has 0 aliphatic carbocycles. The zero-order chi connectivity index (χ0) is 15.1. The number of ether oxygens (including phenoxy) is 2. The second kappa shape index (κ2) is 7.69. The van der Waals surface area contributed by atoms with E-state index >= 15 is 0 Å². The van der Waals surface area contributed by atoms with Crippen molar-refractivity contribution in [1.29, 1.82) is 0 Å². The molecule has 1 aromatic carbocycles. The maximum absolute atomic E-state index is 5.58. The van der Waals surface area contributed by atoms with Crippen LogP contribution in [0, 0.1) is 6.92 Å². The van der Waals surface area contributed by atoms with Crippen molar-refractivity contribution in [2.45, 2.75) is 26.9 Å². The van der Waals surface area contributed by atoms with Gasteiger partial charge in [-0.1, -0.05) is 6.07 Å². The summed E-state index contributed by atoms with van der Waals surface area (Å²) in [5, 5.41) is 7.67. The number of aryl methyl sites for hydroxylation is 1. The van der Waals surface area contributed by atoms with Crippen LogP contribution in [0.4, 0.5) is 0 Å². The third-order valence-electron chi connectivity index (χ3n) is 3.14. The Hall–Kier alpha value is -2.01. The third kappa shape index (κ3) is 4.49. The first-order chi connectivity index (χ1) is 10.2. The Bertz CT molecular complexity index is 566. The summed E-state index contributed by atoms with van der Waals surface area (Å²) in [5.41, 5.74) is 2.36. The van der Waals surface area contributed by atoms with E-state index in [1.165, 1.54) is 11.1 Å². The molecule has 0 fully saturated rings. The van der Waals surface area contributed by atoms with Crippen LogP contribution >= 0.6 is 0 Å². The maximum Gasteiger partial charge on any atom is 0.161 e. The van der Waals surface area contributed by atoms with E-state index in [-0.39, 0.29) is 0 Å². The quantitative estimate of drug-likeness (QED) is 0.758. The molecule has 114 valence electrons. The average Bonchev–Trinajstić information content (AvgIpc) is 2.90. The lowest BCUT2D eigenvalue weighted by Gasteiger charge is -2.11. The predicted octanol–water partition coefficient (Wildman–Crippen LogP) is 2.39. The topological polar surface area (TPSA) is 48.3 Å². The van der Waals surface area contributed by atoms with Crippen LogP contribution in [0.25, 0.3) is 0 Å². The summed E-state index contributed by atoms with van der Waals surface area (Å²) in [6.07, 6.45) is 3.92. The number of rotatable bonds is 8. The summed E-state index contributed by atoms with van der Waals surface area (Å²) >= 11 is 0. The van der Waals surface area contributed by atoms with Gasteiger partial charge < -0.3 is 14.8 Å². The molecule has 0 amide bonds. The zero-order valence-electron chi connectivity index (χ0n) is 12.9. The first-order valence-corrected chi connectivity index (χ1v) is 7.22. The fourth-order valence-electron chi connectivity index (χ4n) is 2.11. The molecule has 0 bridgehead atoms. The van der Waals surface area contributed by atoms with Crippen molar-refractivity contribution in [3.05, 3.63) is 41.7 Å². The van der Waals surface area contributed by atoms with Crippen molar-refractivity contribution in [2.75, 3.05) is 20.3 Å². The Kier molecular flexibility index (Phi) is 5.63. The molecule has 1 heterocycles. The molecule has 0 atom stereocenters. The Balaban J connectivity index is 1.83. The van der Waals surface area contributed by atoms with Crippen LogP contribution < -0.4 is 14.8 Å². The Morgan fingerprint density at radius 1 is 1.29 bits per heavy atom. The first kappa shape index (κ1) is 15.4. The fraction of sp³-hybridized carbons (Fsp3) is 0.438. The van der Waals surface area contributed by atoms with Gasteiger partial charge in [0.25, 0.3) is 0 Å². The van der Waals surface area contributed by atoms with Crippen molar-refractivity contribution in [1.82, 2.24) is 15.1 Å². The van der Waals surface area contributed by atoms with Crippen molar-refractivity contribution in [3.63, 3.8) is 0 Å². The van der Waals surface area contributed by atoms with Crippen LogP contribution in [-0.2, 0) is 13.1 Å². The molecule has 0 aliphatic heterocycles. The van der Waals surface area contributed by atoms with E-state index in [1.54, 1.807) is 7.11 Å². The van der Waals surface area contributed by atoms with Crippen molar-refractivity contribution < 1.29 is 9.47 Å². The van der Waals surface area contributed by atoms with Crippen molar-refractivity contribution in [2.24, 2.45) is 0 Å². The standard InChI is InChI=1S/C16H23N3O2/c1-4-21-16-9-14(5-6-15(16)20-3)11-17-7-8-19-12-13(2)10-18-19/h5-6,9-10,12,17H,4,7-8,11H2,1-3H3. The number of methoxy groups -OCH3 is 1. The molecule has 2 aromatic rings. The number of nitrogens with zero attached hydrogens (tertiary/aromatic N) is 2. The molecule has 0 spiro atoms. The number of hydrogen-bond donors (Lipinski definition) is 1. The van der Waals surface area contributed by atoms with E-state index < -0.39 is 0 Å². The number of nitrogens with one attached hydrogen (secondary N) is 1. The van der Waals surface area contributed by atoms with Gasteiger partial charge in [0.1, 0.15) is 0 Å². The predicted molar refractivity (Wildman–Crippen MR) is 82.8 cm³/mol. The van der Waals surface area contributed by atoms with Crippen LogP contribution in [0.5, 0.6) is 11.5 Å². The lowest BCUT2D eigenvalue weighted by molar-refractivity contribution is 0.310. The van der Waals surface area contributed by atoms with Gasteiger partial charge in [-0.2, -0.15) is 5.10 Å². The highest BCUT2D eigenvalue weighted by Crippen LogP contribution is 2.27. The van der Waals surface area contributed by atoms with E-state index in [0.29, 0.717) is 6.61 Å². The van der Waals surface area contributed by atoms with E-state index in [1.807, 2.05) is 49.1 Å². The molecule has 2 rings (SSSR count). The third-order valence-corrected chi connectivity index (χ3v) is 3.14. The van der Waals surface area contributed by atoms with Gasteiger partial charge in [0.15, 0.2) is 11.5 Å². The van der Waals surface area contributed by atoms with Crippen molar-refractivity contribution >= 4 is 0 Å². The van der Waals surface area contributed by atoms with Gasteiger partial charge in [-0.3, -0.25) is 4.68 Å². The molecule has 0 saturated heterocycles. The highest BCUT2D eigenvalue weighted by molar-refractivity contribution is 5.42. The summed E-state index contributed by atoms with van der Waals surface area (Å²) in [4.78, 5) is 0. The van der Waals surface area contributed by atoms with Gasteiger partial charge in [-0.25, -0.2) is 0 Å². The Morgan fingerprint density at radius 3 is 2.81 bits per heavy atom. The van der Waals surface area contributed by atoms with Gasteiger partial charge in [-0.05, 0) is 37.1 Å². The zero-order valence-corrected chi connectivity index (χ0v) is 12.9. The molecular formula is C16H23N3O2.